The number of hydrogen-bond acceptors (Lipinski definition) is 7. The van der Waals surface area contributed by atoms with Gasteiger partial charge in [0.25, 0.3) is 0 Å². The van der Waals surface area contributed by atoms with Gasteiger partial charge in [0, 0.05) is 10.7 Å². The van der Waals surface area contributed by atoms with Crippen molar-refractivity contribution >= 4 is 49.1 Å². The summed E-state index contributed by atoms with van der Waals surface area (Å²) in [6.45, 7) is 1.32. The maximum atomic E-state index is 12.3. The van der Waals surface area contributed by atoms with Gasteiger partial charge in [-0.15, -0.1) is 0 Å². The second kappa shape index (κ2) is 6.96. The van der Waals surface area contributed by atoms with E-state index in [1.165, 1.54) is 19.1 Å². The average molecular weight is 434 g/mol. The fourth-order valence-electron chi connectivity index (χ4n) is 1.69. The number of esters is 1. The van der Waals surface area contributed by atoms with Crippen LogP contribution in [-0.2, 0) is 9.84 Å². The van der Waals surface area contributed by atoms with Crippen LogP contribution in [0.2, 0.25) is 5.02 Å². The molecule has 0 atom stereocenters. The molecule has 0 unspecified atom stereocenters. The second-order valence-electron chi connectivity index (χ2n) is 4.71. The average Bonchev–Trinajstić information content (AvgIpc) is 2.48. The summed E-state index contributed by atoms with van der Waals surface area (Å²) in [6, 6.07) is 4.50. The molecule has 24 heavy (non-hydrogen) atoms. The first-order valence-electron chi connectivity index (χ1n) is 6.35. The largest absolute Gasteiger partial charge is 0.421 e. The molecule has 2 aromatic rings. The topological polar surface area (TPSA) is 103 Å². The smallest absolute Gasteiger partial charge is 0.364 e. The highest BCUT2D eigenvalue weighted by Gasteiger charge is 2.22. The van der Waals surface area contributed by atoms with Crippen LogP contribution in [0.3, 0.4) is 0 Å². The summed E-state index contributed by atoms with van der Waals surface area (Å²) >= 11 is 9.06. The quantitative estimate of drug-likeness (QED) is 0.316. The third kappa shape index (κ3) is 4.16. The van der Waals surface area contributed by atoms with Gasteiger partial charge in [0.1, 0.15) is 5.75 Å². The number of halogens is 2. The van der Waals surface area contributed by atoms with E-state index in [9.17, 15) is 18.0 Å². The van der Waals surface area contributed by atoms with E-state index in [4.69, 9.17) is 16.3 Å². The van der Waals surface area contributed by atoms with Gasteiger partial charge in [0.05, 0.1) is 16.8 Å². The monoisotopic (exact) mass is 432 g/mol. The van der Waals surface area contributed by atoms with Crippen LogP contribution in [0, 0.1) is 0 Å². The summed E-state index contributed by atoms with van der Waals surface area (Å²) in [7, 11) is -3.72. The van der Waals surface area contributed by atoms with Crippen LogP contribution in [-0.4, -0.2) is 36.4 Å². The Morgan fingerprint density at radius 2 is 1.96 bits per heavy atom. The fraction of sp³-hybridized carbons (Fsp3) is 0.143. The molecule has 1 heterocycles. The molecule has 0 aliphatic rings. The van der Waals surface area contributed by atoms with Gasteiger partial charge >= 0.3 is 5.97 Å². The molecule has 2 rings (SSSR count). The van der Waals surface area contributed by atoms with Crippen molar-refractivity contribution in [1.82, 2.24) is 9.97 Å². The van der Waals surface area contributed by atoms with Gasteiger partial charge in [-0.1, -0.05) is 27.5 Å². The van der Waals surface area contributed by atoms with E-state index in [0.717, 1.165) is 12.5 Å². The number of carbonyl (C=O) groups excluding carboxylic acids is 2. The molecule has 0 aliphatic carbocycles. The van der Waals surface area contributed by atoms with Crippen molar-refractivity contribution < 1.29 is 22.7 Å². The van der Waals surface area contributed by atoms with Crippen LogP contribution < -0.4 is 4.74 Å². The molecule has 0 fully saturated rings. The number of benzene rings is 1. The number of ether oxygens (including phenoxy) is 1. The van der Waals surface area contributed by atoms with E-state index in [1.54, 1.807) is 6.07 Å². The molecule has 0 amide bonds. The minimum absolute atomic E-state index is 0.00582. The number of aromatic nitrogens is 2. The van der Waals surface area contributed by atoms with E-state index in [-0.39, 0.29) is 22.1 Å². The highest BCUT2D eigenvalue weighted by Crippen LogP contribution is 2.25. The first-order chi connectivity index (χ1) is 11.1. The Balaban J connectivity index is 2.43. The molecule has 0 saturated carbocycles. The number of sulfone groups is 1. The maximum absolute atomic E-state index is 12.3. The third-order valence-corrected chi connectivity index (χ3v) is 4.40. The van der Waals surface area contributed by atoms with Gasteiger partial charge in [-0.2, -0.15) is 0 Å². The lowest BCUT2D eigenvalue weighted by molar-refractivity contribution is 0.0725. The summed E-state index contributed by atoms with van der Waals surface area (Å²) in [6.07, 6.45) is 1.89. The molecule has 126 valence electrons. The van der Waals surface area contributed by atoms with Crippen LogP contribution in [0.5, 0.6) is 5.75 Å². The Morgan fingerprint density at radius 1 is 1.29 bits per heavy atom. The van der Waals surface area contributed by atoms with Gasteiger partial charge in [0.2, 0.25) is 15.0 Å². The van der Waals surface area contributed by atoms with Crippen molar-refractivity contribution in [3.8, 4) is 5.75 Å². The predicted octanol–water partition coefficient (Wildman–Crippen LogP) is 2.72. The minimum atomic E-state index is -3.72. The first kappa shape index (κ1) is 18.5. The van der Waals surface area contributed by atoms with Gasteiger partial charge in [-0.25, -0.2) is 23.2 Å². The van der Waals surface area contributed by atoms with E-state index in [2.05, 4.69) is 25.9 Å². The highest BCUT2D eigenvalue weighted by molar-refractivity contribution is 9.10. The van der Waals surface area contributed by atoms with Crippen LogP contribution >= 0.6 is 27.5 Å². The maximum Gasteiger partial charge on any atom is 0.364 e. The van der Waals surface area contributed by atoms with E-state index >= 15 is 0 Å². The van der Waals surface area contributed by atoms with Crippen molar-refractivity contribution in [3.05, 3.63) is 45.1 Å². The lowest BCUT2D eigenvalue weighted by Gasteiger charge is -2.09. The molecule has 0 N–H and O–H groups in total. The summed E-state index contributed by atoms with van der Waals surface area (Å²) in [4.78, 5) is 31.1. The van der Waals surface area contributed by atoms with Gasteiger partial charge in [-0.05, 0) is 25.1 Å². The van der Waals surface area contributed by atoms with Crippen molar-refractivity contribution in [2.75, 3.05) is 6.26 Å². The number of rotatable bonds is 4. The molecule has 7 nitrogen and oxygen atoms in total. The van der Waals surface area contributed by atoms with Crippen molar-refractivity contribution in [1.29, 1.82) is 0 Å². The Hall–Kier alpha value is -1.84. The normalized spacial score (nSPS) is 11.2. The van der Waals surface area contributed by atoms with Crippen molar-refractivity contribution in [2.24, 2.45) is 0 Å². The van der Waals surface area contributed by atoms with Gasteiger partial charge in [-0.3, -0.25) is 4.79 Å². The first-order valence-corrected chi connectivity index (χ1v) is 9.41. The third-order valence-electron chi connectivity index (χ3n) is 2.77. The van der Waals surface area contributed by atoms with Crippen LogP contribution in [0.1, 0.15) is 27.8 Å². The summed E-state index contributed by atoms with van der Waals surface area (Å²) in [5, 5.41) is -0.727. The summed E-state index contributed by atoms with van der Waals surface area (Å²) in [5.74, 6) is -1.31. The molecule has 0 spiro atoms. The predicted molar refractivity (Wildman–Crippen MR) is 89.3 cm³/mol. The molecule has 0 bridgehead atoms. The Bertz CT molecular complexity index is 946. The van der Waals surface area contributed by atoms with Gasteiger partial charge in [0.15, 0.2) is 11.5 Å². The number of ketones is 1. The number of carbonyl (C=O) groups is 2. The molecule has 10 heteroatoms. The second-order valence-corrected chi connectivity index (χ2v) is 7.94. The molecule has 0 aliphatic heterocycles. The summed E-state index contributed by atoms with van der Waals surface area (Å²) in [5.41, 5.74) is -0.240. The Labute approximate surface area is 151 Å². The van der Waals surface area contributed by atoms with E-state index in [0.29, 0.717) is 4.47 Å². The number of Topliss-reactive ketones (excluding diaryl/α,β-unsaturated/α-hetero) is 1. The van der Waals surface area contributed by atoms with Crippen LogP contribution in [0.25, 0.3) is 0 Å². The lowest BCUT2D eigenvalue weighted by atomic mass is 10.1. The van der Waals surface area contributed by atoms with Crippen LogP contribution in [0.15, 0.2) is 34.0 Å². The zero-order chi connectivity index (χ0) is 18.1. The molecule has 0 radical (unpaired) electrons. The Morgan fingerprint density at radius 3 is 2.54 bits per heavy atom. The number of hydrogen-bond donors (Lipinski definition) is 0. The fourth-order valence-corrected chi connectivity index (χ4v) is 2.72. The van der Waals surface area contributed by atoms with E-state index < -0.39 is 26.7 Å². The SMILES string of the molecule is CC(=O)c1cc(Br)ccc1OC(=O)c1nc(S(C)(=O)=O)ncc1Cl. The summed E-state index contributed by atoms with van der Waals surface area (Å²) < 4.78 is 28.8. The zero-order valence-electron chi connectivity index (χ0n) is 12.4. The van der Waals surface area contributed by atoms with Crippen molar-refractivity contribution in [2.45, 2.75) is 12.1 Å². The highest BCUT2D eigenvalue weighted by atomic mass is 79.9. The van der Waals surface area contributed by atoms with E-state index in [1.807, 2.05) is 0 Å². The van der Waals surface area contributed by atoms with Gasteiger partial charge < -0.3 is 4.74 Å². The van der Waals surface area contributed by atoms with Crippen LogP contribution in [0.4, 0.5) is 0 Å². The number of nitrogens with zero attached hydrogens (tertiary/aromatic N) is 2. The lowest BCUT2D eigenvalue weighted by Crippen LogP contribution is -2.16. The molecule has 1 aromatic carbocycles. The molecular weight excluding hydrogens is 424 g/mol. The zero-order valence-corrected chi connectivity index (χ0v) is 15.6. The molecular formula is C14H10BrClN2O5S. The molecule has 0 saturated heterocycles. The minimum Gasteiger partial charge on any atom is -0.421 e. The van der Waals surface area contributed by atoms with Crippen molar-refractivity contribution in [3.63, 3.8) is 0 Å². The standard InChI is InChI=1S/C14H10BrClN2O5S/c1-7(19)9-5-8(15)3-4-11(9)23-13(20)12-10(16)6-17-14(18-12)24(2,21)22/h3-6H,1-2H3. The Kier molecular flexibility index (Phi) is 5.36. The molecule has 1 aromatic heterocycles.